The summed E-state index contributed by atoms with van der Waals surface area (Å²) in [5, 5.41) is 15.5. The molecule has 0 saturated heterocycles. The molecule has 0 bridgehead atoms. The molecule has 2 rings (SSSR count). The third kappa shape index (κ3) is 4.49. The second-order valence-corrected chi connectivity index (χ2v) is 6.39. The molecule has 1 aromatic carbocycles. The van der Waals surface area contributed by atoms with E-state index in [9.17, 15) is 23.5 Å². The molecule has 3 atom stereocenters. The van der Waals surface area contributed by atoms with E-state index in [1.54, 1.807) is 0 Å². The second-order valence-electron chi connectivity index (χ2n) is 6.39. The minimum Gasteiger partial charge on any atom is -0.491 e. The van der Waals surface area contributed by atoms with Crippen LogP contribution < -0.4 is 15.4 Å². The van der Waals surface area contributed by atoms with Gasteiger partial charge in [-0.1, -0.05) is 6.92 Å². The highest BCUT2D eigenvalue weighted by Gasteiger charge is 2.34. The topological polar surface area (TPSA) is 87.7 Å². The summed E-state index contributed by atoms with van der Waals surface area (Å²) in [6, 6.07) is 1.27. The molecular formula is C18H24F2N2O4. The number of ether oxygens (including phenoxy) is 1. The first-order valence-electron chi connectivity index (χ1n) is 8.67. The van der Waals surface area contributed by atoms with Crippen molar-refractivity contribution in [2.24, 2.45) is 5.92 Å². The van der Waals surface area contributed by atoms with Crippen LogP contribution in [-0.2, 0) is 4.79 Å². The zero-order chi connectivity index (χ0) is 19.3. The Labute approximate surface area is 150 Å². The fraction of sp³-hybridized carbons (Fsp3) is 0.556. The number of amides is 2. The highest BCUT2D eigenvalue weighted by atomic mass is 19.1. The number of hydrogen-bond donors (Lipinski definition) is 3. The third-order valence-corrected chi connectivity index (χ3v) is 4.55. The maximum Gasteiger partial charge on any atom is 0.254 e. The average molecular weight is 370 g/mol. The zero-order valence-corrected chi connectivity index (χ0v) is 14.9. The Hall–Kier alpha value is -2.22. The van der Waals surface area contributed by atoms with Gasteiger partial charge in [0.15, 0.2) is 17.4 Å². The van der Waals surface area contributed by atoms with Crippen LogP contribution in [0.2, 0.25) is 0 Å². The van der Waals surface area contributed by atoms with Crippen molar-refractivity contribution in [3.8, 4) is 5.75 Å². The Morgan fingerprint density at radius 3 is 2.69 bits per heavy atom. The van der Waals surface area contributed by atoms with Gasteiger partial charge in [0.2, 0.25) is 5.91 Å². The standard InChI is InChI=1S/C18H24F2N2O4/c1-3-8-21-17(24)10-4-7-14(23)13(9-10)22-18(25)11-5-6-12(19)16(26-2)15(11)20/h5-6,10,13-14,23H,3-4,7-9H2,1-2H3,(H,21,24)(H,22,25)/t10-,13+,14+/m0/s1. The molecule has 0 spiro atoms. The first kappa shape index (κ1) is 20.1. The van der Waals surface area contributed by atoms with Gasteiger partial charge in [-0.2, -0.15) is 0 Å². The predicted octanol–water partition coefficient (Wildman–Crippen LogP) is 1.76. The maximum absolute atomic E-state index is 14.2. The van der Waals surface area contributed by atoms with Gasteiger partial charge in [-0.3, -0.25) is 9.59 Å². The molecule has 1 saturated carbocycles. The van der Waals surface area contributed by atoms with Crippen LogP contribution in [-0.4, -0.2) is 42.7 Å². The molecule has 1 fully saturated rings. The molecule has 3 N–H and O–H groups in total. The Balaban J connectivity index is 2.08. The van der Waals surface area contributed by atoms with Gasteiger partial charge in [0.05, 0.1) is 24.8 Å². The highest BCUT2D eigenvalue weighted by Crippen LogP contribution is 2.27. The first-order valence-corrected chi connectivity index (χ1v) is 8.67. The summed E-state index contributed by atoms with van der Waals surface area (Å²) in [6.07, 6.45) is 1.10. The second kappa shape index (κ2) is 8.93. The van der Waals surface area contributed by atoms with Crippen LogP contribution in [0.4, 0.5) is 8.78 Å². The van der Waals surface area contributed by atoms with E-state index >= 15 is 0 Å². The van der Waals surface area contributed by atoms with E-state index < -0.39 is 35.4 Å². The van der Waals surface area contributed by atoms with Crippen molar-refractivity contribution in [2.75, 3.05) is 13.7 Å². The van der Waals surface area contributed by atoms with Gasteiger partial charge in [0.1, 0.15) is 0 Å². The van der Waals surface area contributed by atoms with Crippen LogP contribution in [0, 0.1) is 17.6 Å². The number of hydrogen-bond acceptors (Lipinski definition) is 4. The number of methoxy groups -OCH3 is 1. The third-order valence-electron chi connectivity index (χ3n) is 4.55. The summed E-state index contributed by atoms with van der Waals surface area (Å²) in [7, 11) is 1.10. The molecular weight excluding hydrogens is 346 g/mol. The lowest BCUT2D eigenvalue weighted by molar-refractivity contribution is -0.127. The van der Waals surface area contributed by atoms with E-state index in [1.807, 2.05) is 6.92 Å². The number of nitrogens with one attached hydrogen (secondary N) is 2. The molecule has 144 valence electrons. The maximum atomic E-state index is 14.2. The van der Waals surface area contributed by atoms with Gasteiger partial charge < -0.3 is 20.5 Å². The Kier molecular flexibility index (Phi) is 6.90. The molecule has 2 amide bonds. The van der Waals surface area contributed by atoms with Gasteiger partial charge in [-0.05, 0) is 37.8 Å². The van der Waals surface area contributed by atoms with Crippen LogP contribution >= 0.6 is 0 Å². The molecule has 0 radical (unpaired) electrons. The van der Waals surface area contributed by atoms with Gasteiger partial charge in [-0.15, -0.1) is 0 Å². The lowest BCUT2D eigenvalue weighted by Crippen LogP contribution is -2.49. The SMILES string of the molecule is CCCNC(=O)[C@H]1CC[C@@H](O)[C@H](NC(=O)c2ccc(F)c(OC)c2F)C1. The number of benzene rings is 1. The van der Waals surface area contributed by atoms with E-state index in [1.165, 1.54) is 0 Å². The lowest BCUT2D eigenvalue weighted by atomic mass is 9.83. The first-order chi connectivity index (χ1) is 12.4. The van der Waals surface area contributed by atoms with Crippen LogP contribution in [0.3, 0.4) is 0 Å². The Bertz CT molecular complexity index is 669. The molecule has 0 aromatic heterocycles. The van der Waals surface area contributed by atoms with E-state index in [-0.39, 0.29) is 23.8 Å². The Morgan fingerprint density at radius 2 is 2.04 bits per heavy atom. The van der Waals surface area contributed by atoms with E-state index in [4.69, 9.17) is 0 Å². The zero-order valence-electron chi connectivity index (χ0n) is 14.9. The molecule has 6 nitrogen and oxygen atoms in total. The lowest BCUT2D eigenvalue weighted by Gasteiger charge is -2.33. The largest absolute Gasteiger partial charge is 0.491 e. The van der Waals surface area contributed by atoms with E-state index in [2.05, 4.69) is 15.4 Å². The normalized spacial score (nSPS) is 22.6. The quantitative estimate of drug-likeness (QED) is 0.712. The van der Waals surface area contributed by atoms with Crippen molar-refractivity contribution in [1.29, 1.82) is 0 Å². The van der Waals surface area contributed by atoms with Gasteiger partial charge in [0.25, 0.3) is 5.91 Å². The molecule has 8 heteroatoms. The van der Waals surface area contributed by atoms with Gasteiger partial charge >= 0.3 is 0 Å². The van der Waals surface area contributed by atoms with Crippen molar-refractivity contribution < 1.29 is 28.2 Å². The summed E-state index contributed by atoms with van der Waals surface area (Å²) in [4.78, 5) is 24.5. The van der Waals surface area contributed by atoms with Crippen LogP contribution in [0.1, 0.15) is 43.0 Å². The molecule has 0 unspecified atom stereocenters. The number of carbonyl (C=O) groups is 2. The summed E-state index contributed by atoms with van der Waals surface area (Å²) in [5.41, 5.74) is -0.381. The smallest absolute Gasteiger partial charge is 0.254 e. The van der Waals surface area contributed by atoms with E-state index in [0.29, 0.717) is 19.4 Å². The monoisotopic (exact) mass is 370 g/mol. The molecule has 0 aliphatic heterocycles. The fourth-order valence-electron chi connectivity index (χ4n) is 3.08. The number of aliphatic hydroxyl groups is 1. The van der Waals surface area contributed by atoms with Crippen molar-refractivity contribution in [3.63, 3.8) is 0 Å². The summed E-state index contributed by atoms with van der Waals surface area (Å²) >= 11 is 0. The number of rotatable bonds is 6. The van der Waals surface area contributed by atoms with E-state index in [0.717, 1.165) is 25.7 Å². The fourth-order valence-corrected chi connectivity index (χ4v) is 3.08. The minimum absolute atomic E-state index is 0.118. The number of aliphatic hydroxyl groups excluding tert-OH is 1. The highest BCUT2D eigenvalue weighted by molar-refractivity contribution is 5.95. The van der Waals surface area contributed by atoms with Crippen molar-refractivity contribution in [1.82, 2.24) is 10.6 Å². The van der Waals surface area contributed by atoms with Crippen molar-refractivity contribution >= 4 is 11.8 Å². The van der Waals surface area contributed by atoms with Gasteiger partial charge in [0, 0.05) is 12.5 Å². The predicted molar refractivity (Wildman–Crippen MR) is 90.8 cm³/mol. The summed E-state index contributed by atoms with van der Waals surface area (Å²) in [5.74, 6) is -3.90. The van der Waals surface area contributed by atoms with Crippen molar-refractivity contribution in [2.45, 2.75) is 44.8 Å². The number of halogens is 2. The molecule has 1 aliphatic carbocycles. The van der Waals surface area contributed by atoms with Gasteiger partial charge in [-0.25, -0.2) is 8.78 Å². The van der Waals surface area contributed by atoms with Crippen LogP contribution in [0.15, 0.2) is 12.1 Å². The number of carbonyl (C=O) groups excluding carboxylic acids is 2. The van der Waals surface area contributed by atoms with Crippen LogP contribution in [0.25, 0.3) is 0 Å². The van der Waals surface area contributed by atoms with Crippen molar-refractivity contribution in [3.05, 3.63) is 29.3 Å². The molecule has 1 aliphatic rings. The molecule has 26 heavy (non-hydrogen) atoms. The summed E-state index contributed by atoms with van der Waals surface area (Å²) in [6.45, 7) is 2.51. The van der Waals surface area contributed by atoms with Crippen LogP contribution in [0.5, 0.6) is 5.75 Å². The Morgan fingerprint density at radius 1 is 1.31 bits per heavy atom. The molecule has 1 aromatic rings. The average Bonchev–Trinajstić information content (AvgIpc) is 2.61. The summed E-state index contributed by atoms with van der Waals surface area (Å²) < 4.78 is 32.3. The minimum atomic E-state index is -1.10. The molecule has 0 heterocycles.